The fourth-order valence-electron chi connectivity index (χ4n) is 2.41. The molecule has 0 saturated carbocycles. The first-order valence-corrected chi connectivity index (χ1v) is 6.93. The number of anilines is 3. The average molecular weight is 317 g/mol. The van der Waals surface area contributed by atoms with Crippen molar-refractivity contribution in [3.05, 3.63) is 53.0 Å². The van der Waals surface area contributed by atoms with Gasteiger partial charge in [-0.1, -0.05) is 34.1 Å². The molecule has 2 aromatic carbocycles. The summed E-state index contributed by atoms with van der Waals surface area (Å²) >= 11 is 3.50. The maximum atomic E-state index is 11.1. The van der Waals surface area contributed by atoms with Crippen molar-refractivity contribution in [3.8, 4) is 0 Å². The van der Waals surface area contributed by atoms with Crippen LogP contribution in [0.5, 0.6) is 0 Å². The maximum Gasteiger partial charge on any atom is 0.214 e. The first-order valence-electron chi connectivity index (χ1n) is 6.13. The molecule has 2 aromatic rings. The summed E-state index contributed by atoms with van der Waals surface area (Å²) in [6, 6.07) is 16.2. The third-order valence-corrected chi connectivity index (χ3v) is 3.79. The predicted octanol–water partition coefficient (Wildman–Crippen LogP) is 3.56. The minimum absolute atomic E-state index is 0.701. The zero-order valence-electron chi connectivity index (χ0n) is 10.3. The molecule has 0 aliphatic carbocycles. The van der Waals surface area contributed by atoms with Crippen molar-refractivity contribution in [2.24, 2.45) is 0 Å². The van der Waals surface area contributed by atoms with Gasteiger partial charge in [0.2, 0.25) is 6.41 Å². The van der Waals surface area contributed by atoms with Crippen LogP contribution in [0.2, 0.25) is 0 Å². The molecule has 0 atom stereocenters. The van der Waals surface area contributed by atoms with E-state index in [0.717, 1.165) is 34.5 Å². The number of rotatable bonds is 2. The lowest BCUT2D eigenvalue weighted by atomic mass is 10.1. The van der Waals surface area contributed by atoms with Gasteiger partial charge in [-0.05, 0) is 30.3 Å². The molecule has 3 rings (SSSR count). The monoisotopic (exact) mass is 316 g/mol. The number of fused-ring (bicyclic) bond motifs is 1. The third kappa shape index (κ3) is 2.24. The minimum Gasteiger partial charge on any atom is -0.338 e. The van der Waals surface area contributed by atoms with Crippen LogP contribution in [0.1, 0.15) is 0 Å². The lowest BCUT2D eigenvalue weighted by Gasteiger charge is -2.36. The zero-order chi connectivity index (χ0) is 13.2. The topological polar surface area (TPSA) is 23.6 Å². The van der Waals surface area contributed by atoms with Gasteiger partial charge in [-0.25, -0.2) is 0 Å². The lowest BCUT2D eigenvalue weighted by molar-refractivity contribution is -0.107. The molecule has 96 valence electrons. The van der Waals surface area contributed by atoms with Gasteiger partial charge in [0.25, 0.3) is 0 Å². The number of carbonyl (C=O) groups excluding carboxylic acids is 1. The molecule has 0 radical (unpaired) electrons. The highest BCUT2D eigenvalue weighted by Crippen LogP contribution is 2.37. The molecule has 0 fully saturated rings. The first kappa shape index (κ1) is 12.2. The van der Waals surface area contributed by atoms with Crippen molar-refractivity contribution in [1.29, 1.82) is 0 Å². The van der Waals surface area contributed by atoms with Gasteiger partial charge in [0, 0.05) is 23.2 Å². The summed E-state index contributed by atoms with van der Waals surface area (Å²) in [5.41, 5.74) is 3.16. The quantitative estimate of drug-likeness (QED) is 0.791. The molecular formula is C15H13BrN2O. The van der Waals surface area contributed by atoms with Gasteiger partial charge in [0.05, 0.1) is 11.4 Å². The summed E-state index contributed by atoms with van der Waals surface area (Å²) < 4.78 is 1.06. The van der Waals surface area contributed by atoms with Gasteiger partial charge in [0.15, 0.2) is 0 Å². The molecule has 1 aliphatic heterocycles. The normalized spacial score (nSPS) is 14.2. The van der Waals surface area contributed by atoms with E-state index in [9.17, 15) is 4.79 Å². The highest BCUT2D eigenvalue weighted by atomic mass is 79.9. The summed E-state index contributed by atoms with van der Waals surface area (Å²) in [7, 11) is 0. The van der Waals surface area contributed by atoms with Crippen LogP contribution < -0.4 is 9.80 Å². The summed E-state index contributed by atoms with van der Waals surface area (Å²) in [4.78, 5) is 15.1. The molecule has 0 N–H and O–H groups in total. The van der Waals surface area contributed by atoms with Crippen molar-refractivity contribution in [3.63, 3.8) is 0 Å². The second-order valence-corrected chi connectivity index (χ2v) is 5.33. The molecule has 1 amide bonds. The van der Waals surface area contributed by atoms with Crippen molar-refractivity contribution < 1.29 is 4.79 Å². The Bertz CT molecular complexity index is 615. The largest absolute Gasteiger partial charge is 0.338 e. The van der Waals surface area contributed by atoms with E-state index in [1.54, 1.807) is 4.90 Å². The Morgan fingerprint density at radius 1 is 1.00 bits per heavy atom. The number of halogens is 1. The Morgan fingerprint density at radius 3 is 2.53 bits per heavy atom. The maximum absolute atomic E-state index is 11.1. The summed E-state index contributed by atoms with van der Waals surface area (Å²) in [5, 5.41) is 0. The molecule has 3 nitrogen and oxygen atoms in total. The Balaban J connectivity index is 2.07. The number of nitrogens with zero attached hydrogens (tertiary/aromatic N) is 2. The number of hydrogen-bond acceptors (Lipinski definition) is 2. The van der Waals surface area contributed by atoms with E-state index >= 15 is 0 Å². The van der Waals surface area contributed by atoms with E-state index in [1.165, 1.54) is 0 Å². The molecular weight excluding hydrogens is 304 g/mol. The van der Waals surface area contributed by atoms with Crippen LogP contribution in [0.25, 0.3) is 0 Å². The first-order chi connectivity index (χ1) is 9.29. The Morgan fingerprint density at radius 2 is 1.79 bits per heavy atom. The van der Waals surface area contributed by atoms with Gasteiger partial charge >= 0.3 is 0 Å². The van der Waals surface area contributed by atoms with Crippen LogP contribution in [-0.2, 0) is 4.79 Å². The predicted molar refractivity (Wildman–Crippen MR) is 81.0 cm³/mol. The number of amides is 1. The van der Waals surface area contributed by atoms with Crippen LogP contribution in [0.15, 0.2) is 53.0 Å². The molecule has 0 saturated heterocycles. The van der Waals surface area contributed by atoms with Crippen LogP contribution in [-0.4, -0.2) is 19.5 Å². The molecule has 4 heteroatoms. The highest BCUT2D eigenvalue weighted by molar-refractivity contribution is 9.10. The zero-order valence-corrected chi connectivity index (χ0v) is 11.9. The summed E-state index contributed by atoms with van der Waals surface area (Å²) in [6.07, 6.45) is 0.900. The van der Waals surface area contributed by atoms with Gasteiger partial charge in [-0.3, -0.25) is 4.79 Å². The van der Waals surface area contributed by atoms with E-state index < -0.39 is 0 Å². The molecule has 0 unspecified atom stereocenters. The van der Waals surface area contributed by atoms with Gasteiger partial charge in [0.1, 0.15) is 0 Å². The molecule has 0 aromatic heterocycles. The molecule has 19 heavy (non-hydrogen) atoms. The van der Waals surface area contributed by atoms with E-state index in [-0.39, 0.29) is 0 Å². The van der Waals surface area contributed by atoms with Crippen LogP contribution >= 0.6 is 15.9 Å². The average Bonchev–Trinajstić information content (AvgIpc) is 2.46. The molecule has 1 aliphatic rings. The highest BCUT2D eigenvalue weighted by Gasteiger charge is 2.22. The second-order valence-electron chi connectivity index (χ2n) is 4.42. The smallest absolute Gasteiger partial charge is 0.214 e. The number of para-hydroxylation sites is 2. The van der Waals surface area contributed by atoms with E-state index in [1.807, 2.05) is 36.4 Å². The molecule has 0 bridgehead atoms. The fraction of sp³-hybridized carbons (Fsp3) is 0.133. The van der Waals surface area contributed by atoms with Crippen molar-refractivity contribution in [1.82, 2.24) is 0 Å². The Labute approximate surface area is 120 Å². The Kier molecular flexibility index (Phi) is 3.25. The van der Waals surface area contributed by atoms with Crippen LogP contribution in [0.3, 0.4) is 0 Å². The van der Waals surface area contributed by atoms with Crippen molar-refractivity contribution in [2.45, 2.75) is 0 Å². The number of carbonyl (C=O) groups is 1. The van der Waals surface area contributed by atoms with Crippen LogP contribution in [0.4, 0.5) is 17.1 Å². The fourth-order valence-corrected chi connectivity index (χ4v) is 2.79. The van der Waals surface area contributed by atoms with Crippen molar-refractivity contribution >= 4 is 39.4 Å². The lowest BCUT2D eigenvalue weighted by Crippen LogP contribution is -2.38. The van der Waals surface area contributed by atoms with Gasteiger partial charge < -0.3 is 9.80 Å². The van der Waals surface area contributed by atoms with Gasteiger partial charge in [-0.2, -0.15) is 0 Å². The number of hydrogen-bond donors (Lipinski definition) is 0. The molecule has 1 heterocycles. The van der Waals surface area contributed by atoms with E-state index in [4.69, 9.17) is 0 Å². The second kappa shape index (κ2) is 5.05. The minimum atomic E-state index is 0.701. The Hall–Kier alpha value is -1.81. The summed E-state index contributed by atoms with van der Waals surface area (Å²) in [6.45, 7) is 1.50. The van der Waals surface area contributed by atoms with Crippen LogP contribution in [0, 0.1) is 0 Å². The standard InChI is InChI=1S/C15H13BrN2O/c16-12-4-3-5-13(10-12)18-9-8-17(11-19)14-6-1-2-7-15(14)18/h1-7,10-11H,8-9H2. The van der Waals surface area contributed by atoms with E-state index in [2.05, 4.69) is 33.0 Å². The molecule has 0 spiro atoms. The van der Waals surface area contributed by atoms with Gasteiger partial charge in [-0.15, -0.1) is 0 Å². The number of benzene rings is 2. The summed E-state index contributed by atoms with van der Waals surface area (Å²) in [5.74, 6) is 0. The van der Waals surface area contributed by atoms with Crippen molar-refractivity contribution in [2.75, 3.05) is 22.9 Å². The van der Waals surface area contributed by atoms with E-state index in [0.29, 0.717) is 6.54 Å². The SMILES string of the molecule is O=CN1CCN(c2cccc(Br)c2)c2ccccc21. The third-order valence-electron chi connectivity index (χ3n) is 3.29.